The molecule has 132 valence electrons. The Morgan fingerprint density at radius 1 is 1.17 bits per heavy atom. The summed E-state index contributed by atoms with van der Waals surface area (Å²) < 4.78 is 9.85. The van der Waals surface area contributed by atoms with Crippen molar-refractivity contribution in [1.29, 1.82) is 0 Å². The van der Waals surface area contributed by atoms with E-state index < -0.39 is 36.1 Å². The van der Waals surface area contributed by atoms with Crippen molar-refractivity contribution in [2.24, 2.45) is 17.4 Å². The van der Waals surface area contributed by atoms with E-state index in [0.717, 1.165) is 13.0 Å². The van der Waals surface area contributed by atoms with Crippen LogP contribution in [0.25, 0.3) is 0 Å². The molecule has 0 aromatic rings. The quantitative estimate of drug-likeness (QED) is 0.418. The summed E-state index contributed by atoms with van der Waals surface area (Å²) in [5.41, 5.74) is 11.4. The van der Waals surface area contributed by atoms with Gasteiger partial charge in [0.25, 0.3) is 0 Å². The standard InChI is InChI=1S/C15H27N3O5/c1-4-8(2)11(16)14(20)23-15(21)12(17)9(3)22-13(19)10-6-5-7-18-10/h8-12,18H,4-7,16-17H2,1-3H3/t8-,9+,10-,11-,12-/m0/s1. The van der Waals surface area contributed by atoms with Crippen LogP contribution in [0.15, 0.2) is 0 Å². The molecule has 8 heteroatoms. The van der Waals surface area contributed by atoms with E-state index in [1.807, 2.05) is 6.92 Å². The SMILES string of the molecule is CC[C@H](C)[C@H](N)C(=O)OC(=O)[C@@H](N)[C@@H](C)OC(=O)[C@@H]1CCCN1. The molecular formula is C15H27N3O5. The number of carbonyl (C=O) groups is 3. The molecule has 0 spiro atoms. The average Bonchev–Trinajstić information content (AvgIpc) is 3.06. The highest BCUT2D eigenvalue weighted by Crippen LogP contribution is 2.11. The van der Waals surface area contributed by atoms with E-state index in [2.05, 4.69) is 5.32 Å². The van der Waals surface area contributed by atoms with Gasteiger partial charge < -0.3 is 26.3 Å². The van der Waals surface area contributed by atoms with Crippen LogP contribution in [0.1, 0.15) is 40.0 Å². The summed E-state index contributed by atoms with van der Waals surface area (Å²) in [6.45, 7) is 5.90. The molecule has 1 aliphatic rings. The maximum Gasteiger partial charge on any atom is 0.334 e. The summed E-state index contributed by atoms with van der Waals surface area (Å²) in [5.74, 6) is -2.35. The van der Waals surface area contributed by atoms with Gasteiger partial charge in [-0.3, -0.25) is 4.79 Å². The highest BCUT2D eigenvalue weighted by Gasteiger charge is 2.32. The second kappa shape index (κ2) is 8.95. The van der Waals surface area contributed by atoms with Crippen LogP contribution in [-0.2, 0) is 23.9 Å². The van der Waals surface area contributed by atoms with Crippen LogP contribution in [0.3, 0.4) is 0 Å². The zero-order chi connectivity index (χ0) is 17.6. The Bertz CT molecular complexity index is 437. The van der Waals surface area contributed by atoms with Crippen molar-refractivity contribution in [2.45, 2.75) is 64.3 Å². The third kappa shape index (κ3) is 5.56. The molecule has 0 saturated carbocycles. The highest BCUT2D eigenvalue weighted by atomic mass is 16.6. The van der Waals surface area contributed by atoms with Crippen LogP contribution < -0.4 is 16.8 Å². The molecule has 8 nitrogen and oxygen atoms in total. The minimum Gasteiger partial charge on any atom is -0.459 e. The number of ether oxygens (including phenoxy) is 2. The Hall–Kier alpha value is -1.51. The van der Waals surface area contributed by atoms with Crippen molar-refractivity contribution in [1.82, 2.24) is 5.32 Å². The monoisotopic (exact) mass is 329 g/mol. The summed E-state index contributed by atoms with van der Waals surface area (Å²) >= 11 is 0. The number of carbonyl (C=O) groups excluding carboxylic acids is 3. The molecule has 1 saturated heterocycles. The van der Waals surface area contributed by atoms with Crippen LogP contribution in [0.5, 0.6) is 0 Å². The maximum absolute atomic E-state index is 11.9. The first-order valence-electron chi connectivity index (χ1n) is 7.98. The fourth-order valence-electron chi connectivity index (χ4n) is 2.14. The van der Waals surface area contributed by atoms with Crippen molar-refractivity contribution in [2.75, 3.05) is 6.54 Å². The molecule has 0 aromatic heterocycles. The third-order valence-electron chi connectivity index (χ3n) is 4.16. The van der Waals surface area contributed by atoms with Crippen LogP contribution >= 0.6 is 0 Å². The van der Waals surface area contributed by atoms with Crippen molar-refractivity contribution in [3.63, 3.8) is 0 Å². The first-order chi connectivity index (χ1) is 10.8. The number of esters is 3. The number of nitrogens with one attached hydrogen (secondary N) is 1. The van der Waals surface area contributed by atoms with E-state index in [0.29, 0.717) is 12.8 Å². The van der Waals surface area contributed by atoms with Crippen LogP contribution in [-0.4, -0.2) is 48.7 Å². The van der Waals surface area contributed by atoms with Gasteiger partial charge in [0, 0.05) is 0 Å². The topological polar surface area (TPSA) is 134 Å². The molecule has 0 aromatic carbocycles. The second-order valence-corrected chi connectivity index (χ2v) is 5.97. The van der Waals surface area contributed by atoms with Gasteiger partial charge in [0.1, 0.15) is 24.2 Å². The molecule has 0 bridgehead atoms. The number of rotatable bonds is 7. The molecule has 1 heterocycles. The average molecular weight is 329 g/mol. The van der Waals surface area contributed by atoms with Crippen molar-refractivity contribution < 1.29 is 23.9 Å². The summed E-state index contributed by atoms with van der Waals surface area (Å²) in [7, 11) is 0. The summed E-state index contributed by atoms with van der Waals surface area (Å²) in [6, 6.07) is -2.51. The molecule has 1 fully saturated rings. The second-order valence-electron chi connectivity index (χ2n) is 5.97. The Labute approximate surface area is 136 Å². The van der Waals surface area contributed by atoms with E-state index in [-0.39, 0.29) is 12.0 Å². The number of hydrogen-bond donors (Lipinski definition) is 3. The lowest BCUT2D eigenvalue weighted by molar-refractivity contribution is -0.165. The summed E-state index contributed by atoms with van der Waals surface area (Å²) in [5, 5.41) is 2.99. The molecular weight excluding hydrogens is 302 g/mol. The van der Waals surface area contributed by atoms with Crippen molar-refractivity contribution >= 4 is 17.9 Å². The van der Waals surface area contributed by atoms with E-state index in [1.54, 1.807) is 6.92 Å². The van der Waals surface area contributed by atoms with Crippen molar-refractivity contribution in [3.8, 4) is 0 Å². The first kappa shape index (κ1) is 19.5. The summed E-state index contributed by atoms with van der Waals surface area (Å²) in [6.07, 6.45) is 1.36. The van der Waals surface area contributed by atoms with Gasteiger partial charge in [-0.15, -0.1) is 0 Å². The third-order valence-corrected chi connectivity index (χ3v) is 4.16. The minimum absolute atomic E-state index is 0.116. The van der Waals surface area contributed by atoms with Gasteiger partial charge in [-0.25, -0.2) is 9.59 Å². The molecule has 0 amide bonds. The van der Waals surface area contributed by atoms with Gasteiger partial charge in [0.15, 0.2) is 0 Å². The van der Waals surface area contributed by atoms with Gasteiger partial charge >= 0.3 is 17.9 Å². The van der Waals surface area contributed by atoms with Gasteiger partial charge in [-0.1, -0.05) is 20.3 Å². The smallest absolute Gasteiger partial charge is 0.334 e. The van der Waals surface area contributed by atoms with E-state index in [9.17, 15) is 14.4 Å². The predicted octanol–water partition coefficient (Wildman–Crippen LogP) is -0.559. The minimum atomic E-state index is -1.24. The van der Waals surface area contributed by atoms with E-state index in [1.165, 1.54) is 6.92 Å². The Morgan fingerprint density at radius 2 is 1.78 bits per heavy atom. The predicted molar refractivity (Wildman–Crippen MR) is 83.1 cm³/mol. The number of hydrogen-bond acceptors (Lipinski definition) is 8. The number of nitrogens with two attached hydrogens (primary N) is 2. The zero-order valence-electron chi connectivity index (χ0n) is 13.9. The van der Waals surface area contributed by atoms with Crippen LogP contribution in [0.4, 0.5) is 0 Å². The molecule has 0 unspecified atom stereocenters. The Morgan fingerprint density at radius 3 is 2.30 bits per heavy atom. The highest BCUT2D eigenvalue weighted by molar-refractivity contribution is 5.91. The lowest BCUT2D eigenvalue weighted by Crippen LogP contribution is -2.48. The van der Waals surface area contributed by atoms with Gasteiger partial charge in [-0.2, -0.15) is 0 Å². The zero-order valence-corrected chi connectivity index (χ0v) is 13.9. The molecule has 0 aliphatic carbocycles. The molecule has 5 atom stereocenters. The molecule has 1 rings (SSSR count). The molecule has 0 radical (unpaired) electrons. The fraction of sp³-hybridized carbons (Fsp3) is 0.800. The molecule has 5 N–H and O–H groups in total. The van der Waals surface area contributed by atoms with Gasteiger partial charge in [0.2, 0.25) is 0 Å². The summed E-state index contributed by atoms with van der Waals surface area (Å²) in [4.78, 5) is 35.5. The Balaban J connectivity index is 2.48. The normalized spacial score (nSPS) is 22.7. The lowest BCUT2D eigenvalue weighted by Gasteiger charge is -2.22. The van der Waals surface area contributed by atoms with Gasteiger partial charge in [-0.05, 0) is 32.2 Å². The van der Waals surface area contributed by atoms with Crippen LogP contribution in [0.2, 0.25) is 0 Å². The van der Waals surface area contributed by atoms with Gasteiger partial charge in [0.05, 0.1) is 0 Å². The first-order valence-corrected chi connectivity index (χ1v) is 7.98. The maximum atomic E-state index is 11.9. The largest absolute Gasteiger partial charge is 0.459 e. The fourth-order valence-corrected chi connectivity index (χ4v) is 2.14. The Kier molecular flexibility index (Phi) is 7.60. The van der Waals surface area contributed by atoms with Crippen molar-refractivity contribution in [3.05, 3.63) is 0 Å². The lowest BCUT2D eigenvalue weighted by atomic mass is 10.0. The molecule has 1 aliphatic heterocycles. The van der Waals surface area contributed by atoms with E-state index >= 15 is 0 Å². The van der Waals surface area contributed by atoms with Crippen LogP contribution in [0, 0.1) is 5.92 Å². The van der Waals surface area contributed by atoms with E-state index in [4.69, 9.17) is 20.9 Å². The molecule has 23 heavy (non-hydrogen) atoms.